The van der Waals surface area contributed by atoms with Gasteiger partial charge in [-0.3, -0.25) is 9.59 Å². The van der Waals surface area contributed by atoms with Crippen molar-refractivity contribution in [1.29, 1.82) is 0 Å². The molecular formula is C14H26ClN3O2. The van der Waals surface area contributed by atoms with Crippen molar-refractivity contribution in [1.82, 2.24) is 15.5 Å². The van der Waals surface area contributed by atoms with Gasteiger partial charge in [0.1, 0.15) is 0 Å². The van der Waals surface area contributed by atoms with Gasteiger partial charge in [0.15, 0.2) is 0 Å². The van der Waals surface area contributed by atoms with Crippen LogP contribution in [0.1, 0.15) is 32.6 Å². The molecule has 5 nitrogen and oxygen atoms in total. The quantitative estimate of drug-likeness (QED) is 0.713. The van der Waals surface area contributed by atoms with E-state index in [1.165, 1.54) is 0 Å². The standard InChI is InChI=1S/C14H25N3O2.ClH/c1-2-15-7-8-16-13(18)12-4-3-9-17(10-12)14(19)11-5-6-11;/h11-12,15H,2-10H2,1H3,(H,16,18);1H. The van der Waals surface area contributed by atoms with Gasteiger partial charge in [-0.1, -0.05) is 6.92 Å². The molecule has 0 aromatic rings. The zero-order chi connectivity index (χ0) is 13.7. The van der Waals surface area contributed by atoms with E-state index in [4.69, 9.17) is 0 Å². The maximum atomic E-state index is 12.0. The minimum atomic E-state index is -0.0157. The van der Waals surface area contributed by atoms with Crippen LogP contribution in [0.5, 0.6) is 0 Å². The van der Waals surface area contributed by atoms with Crippen molar-refractivity contribution in [2.45, 2.75) is 32.6 Å². The summed E-state index contributed by atoms with van der Waals surface area (Å²) in [5, 5.41) is 6.13. The molecule has 1 unspecified atom stereocenters. The van der Waals surface area contributed by atoms with Crippen LogP contribution in [0.3, 0.4) is 0 Å². The van der Waals surface area contributed by atoms with Gasteiger partial charge in [-0.25, -0.2) is 0 Å². The maximum Gasteiger partial charge on any atom is 0.225 e. The number of nitrogens with one attached hydrogen (secondary N) is 2. The molecule has 2 aliphatic rings. The molecule has 20 heavy (non-hydrogen) atoms. The average molecular weight is 304 g/mol. The Morgan fingerprint density at radius 3 is 2.55 bits per heavy atom. The second-order valence-corrected chi connectivity index (χ2v) is 5.54. The van der Waals surface area contributed by atoms with Crippen LogP contribution < -0.4 is 10.6 Å². The van der Waals surface area contributed by atoms with E-state index in [2.05, 4.69) is 10.6 Å². The maximum absolute atomic E-state index is 12.0. The fourth-order valence-corrected chi connectivity index (χ4v) is 2.58. The lowest BCUT2D eigenvalue weighted by atomic mass is 9.96. The Labute approximate surface area is 127 Å². The third-order valence-corrected chi connectivity index (χ3v) is 3.88. The van der Waals surface area contributed by atoms with Crippen molar-refractivity contribution in [3.8, 4) is 0 Å². The lowest BCUT2D eigenvalue weighted by Gasteiger charge is -2.32. The Morgan fingerprint density at radius 2 is 1.90 bits per heavy atom. The van der Waals surface area contributed by atoms with Crippen LogP contribution in [-0.2, 0) is 9.59 Å². The summed E-state index contributed by atoms with van der Waals surface area (Å²) in [6, 6.07) is 0. The lowest BCUT2D eigenvalue weighted by molar-refractivity contribution is -0.136. The summed E-state index contributed by atoms with van der Waals surface area (Å²) in [4.78, 5) is 25.9. The lowest BCUT2D eigenvalue weighted by Crippen LogP contribution is -2.46. The average Bonchev–Trinajstić information content (AvgIpc) is 3.27. The molecule has 1 saturated heterocycles. The predicted octanol–water partition coefficient (Wildman–Crippen LogP) is 0.782. The minimum absolute atomic E-state index is 0. The molecule has 116 valence electrons. The van der Waals surface area contributed by atoms with Crippen LogP contribution in [0, 0.1) is 11.8 Å². The summed E-state index contributed by atoms with van der Waals surface area (Å²) in [5.41, 5.74) is 0. The SMILES string of the molecule is CCNCCNC(=O)C1CCCN(C(=O)C2CC2)C1.Cl. The summed E-state index contributed by atoms with van der Waals surface area (Å²) < 4.78 is 0. The molecule has 2 amide bonds. The van der Waals surface area contributed by atoms with Crippen molar-refractivity contribution >= 4 is 24.2 Å². The molecule has 6 heteroatoms. The van der Waals surface area contributed by atoms with E-state index < -0.39 is 0 Å². The largest absolute Gasteiger partial charge is 0.355 e. The van der Waals surface area contributed by atoms with Crippen LogP contribution in [0.25, 0.3) is 0 Å². The Hall–Kier alpha value is -0.810. The van der Waals surface area contributed by atoms with Gasteiger partial charge in [-0.15, -0.1) is 12.4 Å². The molecule has 1 atom stereocenters. The molecule has 0 aromatic heterocycles. The number of amides is 2. The van der Waals surface area contributed by atoms with Crippen molar-refractivity contribution < 1.29 is 9.59 Å². The number of carbonyl (C=O) groups is 2. The molecule has 1 aliphatic carbocycles. The number of rotatable bonds is 6. The van der Waals surface area contributed by atoms with E-state index in [1.54, 1.807) is 0 Å². The van der Waals surface area contributed by atoms with Gasteiger partial charge in [-0.2, -0.15) is 0 Å². The number of likely N-dealkylation sites (N-methyl/N-ethyl adjacent to an activating group) is 1. The van der Waals surface area contributed by atoms with Crippen LogP contribution in [0.2, 0.25) is 0 Å². The number of halogens is 1. The Morgan fingerprint density at radius 1 is 1.15 bits per heavy atom. The van der Waals surface area contributed by atoms with Gasteiger partial charge < -0.3 is 15.5 Å². The first-order chi connectivity index (χ1) is 9.22. The van der Waals surface area contributed by atoms with Gasteiger partial charge in [0.25, 0.3) is 0 Å². The van der Waals surface area contributed by atoms with Crippen LogP contribution in [0.15, 0.2) is 0 Å². The Bertz CT molecular complexity index is 334. The van der Waals surface area contributed by atoms with E-state index in [0.717, 1.165) is 45.3 Å². The van der Waals surface area contributed by atoms with Gasteiger partial charge in [0.2, 0.25) is 11.8 Å². The number of hydrogen-bond donors (Lipinski definition) is 2. The van der Waals surface area contributed by atoms with Crippen LogP contribution in [-0.4, -0.2) is 49.4 Å². The molecule has 0 spiro atoms. The van der Waals surface area contributed by atoms with E-state index in [-0.39, 0.29) is 36.1 Å². The highest BCUT2D eigenvalue weighted by atomic mass is 35.5. The topological polar surface area (TPSA) is 61.4 Å². The Kier molecular flexibility index (Phi) is 7.30. The Balaban J connectivity index is 0.00000200. The van der Waals surface area contributed by atoms with Gasteiger partial charge in [-0.05, 0) is 32.2 Å². The van der Waals surface area contributed by atoms with Crippen LogP contribution in [0.4, 0.5) is 0 Å². The molecule has 1 saturated carbocycles. The fraction of sp³-hybridized carbons (Fsp3) is 0.857. The first-order valence-corrected chi connectivity index (χ1v) is 7.49. The molecule has 0 aromatic carbocycles. The molecule has 2 N–H and O–H groups in total. The summed E-state index contributed by atoms with van der Waals surface area (Å²) in [7, 11) is 0. The third-order valence-electron chi connectivity index (χ3n) is 3.88. The van der Waals surface area contributed by atoms with Gasteiger partial charge in [0.05, 0.1) is 5.92 Å². The normalized spacial score (nSPS) is 22.1. The highest BCUT2D eigenvalue weighted by molar-refractivity contribution is 5.85. The minimum Gasteiger partial charge on any atom is -0.355 e. The van der Waals surface area contributed by atoms with Crippen molar-refractivity contribution in [3.63, 3.8) is 0 Å². The van der Waals surface area contributed by atoms with Crippen molar-refractivity contribution in [2.75, 3.05) is 32.7 Å². The van der Waals surface area contributed by atoms with Gasteiger partial charge in [0, 0.05) is 32.1 Å². The molecule has 1 aliphatic heterocycles. The molecule has 1 heterocycles. The van der Waals surface area contributed by atoms with Crippen LogP contribution >= 0.6 is 12.4 Å². The smallest absolute Gasteiger partial charge is 0.225 e. The number of likely N-dealkylation sites (tertiary alicyclic amines) is 1. The third kappa shape index (κ3) is 4.94. The molecule has 2 fully saturated rings. The summed E-state index contributed by atoms with van der Waals surface area (Å²) in [6.07, 6.45) is 3.93. The second kappa shape index (κ2) is 8.47. The van der Waals surface area contributed by atoms with Crippen molar-refractivity contribution in [3.05, 3.63) is 0 Å². The summed E-state index contributed by atoms with van der Waals surface area (Å²) in [6.45, 7) is 5.88. The van der Waals surface area contributed by atoms with Gasteiger partial charge >= 0.3 is 0 Å². The zero-order valence-electron chi connectivity index (χ0n) is 12.2. The fourth-order valence-electron chi connectivity index (χ4n) is 2.58. The molecule has 0 bridgehead atoms. The second-order valence-electron chi connectivity index (χ2n) is 5.54. The zero-order valence-corrected chi connectivity index (χ0v) is 13.0. The van der Waals surface area contributed by atoms with E-state index in [0.29, 0.717) is 13.1 Å². The number of nitrogens with zero attached hydrogens (tertiary/aromatic N) is 1. The highest BCUT2D eigenvalue weighted by Crippen LogP contribution is 2.32. The number of carbonyl (C=O) groups excluding carboxylic acids is 2. The van der Waals surface area contributed by atoms with E-state index in [9.17, 15) is 9.59 Å². The first-order valence-electron chi connectivity index (χ1n) is 7.49. The van der Waals surface area contributed by atoms with Crippen molar-refractivity contribution in [2.24, 2.45) is 11.8 Å². The molecular weight excluding hydrogens is 278 g/mol. The van der Waals surface area contributed by atoms with E-state index >= 15 is 0 Å². The number of piperidine rings is 1. The number of hydrogen-bond acceptors (Lipinski definition) is 3. The molecule has 0 radical (unpaired) electrons. The first kappa shape index (κ1) is 17.2. The predicted molar refractivity (Wildman–Crippen MR) is 80.8 cm³/mol. The molecule has 2 rings (SSSR count). The summed E-state index contributed by atoms with van der Waals surface area (Å²) >= 11 is 0. The van der Waals surface area contributed by atoms with E-state index in [1.807, 2.05) is 11.8 Å². The highest BCUT2D eigenvalue weighted by Gasteiger charge is 2.36. The summed E-state index contributed by atoms with van der Waals surface area (Å²) in [5.74, 6) is 0.616. The monoisotopic (exact) mass is 303 g/mol.